The molecular formula is C22H39NO2. The van der Waals surface area contributed by atoms with Gasteiger partial charge in [0.25, 0.3) is 0 Å². The molecular weight excluding hydrogens is 310 g/mol. The van der Waals surface area contributed by atoms with Crippen LogP contribution in [-0.4, -0.2) is 26.9 Å². The zero-order chi connectivity index (χ0) is 18.0. The van der Waals surface area contributed by atoms with Gasteiger partial charge < -0.3 is 9.47 Å². The van der Waals surface area contributed by atoms with Gasteiger partial charge >= 0.3 is 0 Å². The number of hydrogen-bond donors (Lipinski definition) is 0. The van der Waals surface area contributed by atoms with Gasteiger partial charge in [-0.25, -0.2) is 0 Å². The Hall–Kier alpha value is -0.590. The van der Waals surface area contributed by atoms with Crippen LogP contribution in [-0.2, 0) is 9.47 Å². The largest absolute Gasteiger partial charge is 0.382 e. The van der Waals surface area contributed by atoms with E-state index in [1.54, 1.807) is 7.11 Å². The Kier molecular flexibility index (Phi) is 9.28. The van der Waals surface area contributed by atoms with Gasteiger partial charge in [0.1, 0.15) is 0 Å². The second-order valence-electron chi connectivity index (χ2n) is 8.55. The third-order valence-electron chi connectivity index (χ3n) is 6.81. The van der Waals surface area contributed by atoms with E-state index in [0.29, 0.717) is 19.8 Å². The summed E-state index contributed by atoms with van der Waals surface area (Å²) in [5.41, 5.74) is -0.235. The lowest BCUT2D eigenvalue weighted by Gasteiger charge is -2.40. The Balaban J connectivity index is 1.68. The number of hydrogen-bond acceptors (Lipinski definition) is 3. The fourth-order valence-electron chi connectivity index (χ4n) is 4.99. The first-order chi connectivity index (χ1) is 12.2. The highest BCUT2D eigenvalue weighted by Crippen LogP contribution is 2.46. The Bertz CT molecular complexity index is 387. The average molecular weight is 350 g/mol. The maximum atomic E-state index is 9.67. The fraction of sp³-hybridized carbons (Fsp3) is 0.955. The summed E-state index contributed by atoms with van der Waals surface area (Å²) in [5, 5.41) is 9.67. The number of methoxy groups -OCH3 is 1. The molecule has 0 heterocycles. The molecule has 0 amide bonds. The number of rotatable bonds is 10. The first-order valence-corrected chi connectivity index (χ1v) is 10.7. The molecule has 0 unspecified atom stereocenters. The zero-order valence-corrected chi connectivity index (χ0v) is 16.6. The highest BCUT2D eigenvalue weighted by atomic mass is 16.5. The van der Waals surface area contributed by atoms with Crippen LogP contribution in [0, 0.1) is 34.5 Å². The normalized spacial score (nSPS) is 33.1. The molecule has 0 atom stereocenters. The van der Waals surface area contributed by atoms with Crippen molar-refractivity contribution >= 4 is 0 Å². The van der Waals surface area contributed by atoms with E-state index in [2.05, 4.69) is 13.0 Å². The molecule has 0 aromatic heterocycles. The summed E-state index contributed by atoms with van der Waals surface area (Å²) in [6.07, 6.45) is 15.9. The predicted octanol–water partition coefficient (Wildman–Crippen LogP) is 5.74. The molecule has 2 fully saturated rings. The van der Waals surface area contributed by atoms with Gasteiger partial charge in [-0.15, -0.1) is 0 Å². The van der Waals surface area contributed by atoms with Gasteiger partial charge in [-0.05, 0) is 56.3 Å². The molecule has 2 rings (SSSR count). The van der Waals surface area contributed by atoms with E-state index in [1.165, 1.54) is 64.2 Å². The van der Waals surface area contributed by atoms with E-state index < -0.39 is 0 Å². The Morgan fingerprint density at radius 1 is 0.960 bits per heavy atom. The summed E-state index contributed by atoms with van der Waals surface area (Å²) >= 11 is 0. The van der Waals surface area contributed by atoms with Crippen LogP contribution in [0.25, 0.3) is 0 Å². The molecule has 0 spiro atoms. The highest BCUT2D eigenvalue weighted by molar-refractivity contribution is 5.02. The third kappa shape index (κ3) is 6.57. The molecule has 2 saturated carbocycles. The van der Waals surface area contributed by atoms with Crippen molar-refractivity contribution in [3.63, 3.8) is 0 Å². The monoisotopic (exact) mass is 349 g/mol. The number of ether oxygens (including phenoxy) is 2. The van der Waals surface area contributed by atoms with Gasteiger partial charge in [-0.3, -0.25) is 0 Å². The van der Waals surface area contributed by atoms with Gasteiger partial charge in [0.2, 0.25) is 0 Å². The van der Waals surface area contributed by atoms with Crippen LogP contribution in [0.5, 0.6) is 0 Å². The smallest absolute Gasteiger partial charge is 0.0807 e. The molecule has 0 aromatic carbocycles. The summed E-state index contributed by atoms with van der Waals surface area (Å²) in [7, 11) is 1.69. The van der Waals surface area contributed by atoms with Crippen LogP contribution >= 0.6 is 0 Å². The molecule has 0 saturated heterocycles. The lowest BCUT2D eigenvalue weighted by molar-refractivity contribution is 0.00945. The molecule has 0 radical (unpaired) electrons. The minimum Gasteiger partial charge on any atom is -0.382 e. The number of nitriles is 1. The minimum atomic E-state index is -0.235. The molecule has 25 heavy (non-hydrogen) atoms. The van der Waals surface area contributed by atoms with Gasteiger partial charge in [0.15, 0.2) is 0 Å². The molecule has 0 bridgehead atoms. The molecule has 0 aromatic rings. The maximum absolute atomic E-state index is 9.67. The Labute approximate surface area is 155 Å². The van der Waals surface area contributed by atoms with Crippen LogP contribution < -0.4 is 0 Å². The zero-order valence-electron chi connectivity index (χ0n) is 16.6. The van der Waals surface area contributed by atoms with E-state index in [1.807, 2.05) is 0 Å². The Morgan fingerprint density at radius 2 is 1.64 bits per heavy atom. The summed E-state index contributed by atoms with van der Waals surface area (Å²) in [5.74, 6) is 2.78. The van der Waals surface area contributed by atoms with E-state index in [9.17, 15) is 5.26 Å². The molecule has 3 nitrogen and oxygen atoms in total. The van der Waals surface area contributed by atoms with Crippen LogP contribution in [0.15, 0.2) is 0 Å². The van der Waals surface area contributed by atoms with Crippen molar-refractivity contribution in [1.29, 1.82) is 5.26 Å². The standard InChI is InChI=1S/C22H39NO2/c1-3-4-5-6-19-7-9-20(10-8-19)21-11-13-22(17-23,14-12-21)18-25-16-15-24-2/h19-21H,3-16,18H2,1-2H3. The van der Waals surface area contributed by atoms with Crippen LogP contribution in [0.1, 0.15) is 84.0 Å². The first-order valence-electron chi connectivity index (χ1n) is 10.7. The Morgan fingerprint density at radius 3 is 2.24 bits per heavy atom. The van der Waals surface area contributed by atoms with E-state index in [-0.39, 0.29) is 5.41 Å². The quantitative estimate of drug-likeness (QED) is 0.472. The first kappa shape index (κ1) is 20.7. The van der Waals surface area contributed by atoms with Crippen molar-refractivity contribution in [2.24, 2.45) is 23.2 Å². The van der Waals surface area contributed by atoms with Crippen LogP contribution in [0.2, 0.25) is 0 Å². The topological polar surface area (TPSA) is 42.2 Å². The molecule has 3 heteroatoms. The molecule has 144 valence electrons. The van der Waals surface area contributed by atoms with Gasteiger partial charge in [0.05, 0.1) is 31.3 Å². The second-order valence-corrected chi connectivity index (χ2v) is 8.55. The van der Waals surface area contributed by atoms with Gasteiger partial charge in [-0.1, -0.05) is 45.4 Å². The number of unbranched alkanes of at least 4 members (excludes halogenated alkanes) is 2. The lowest BCUT2D eigenvalue weighted by atomic mass is 9.65. The van der Waals surface area contributed by atoms with Crippen molar-refractivity contribution in [2.45, 2.75) is 84.0 Å². The van der Waals surface area contributed by atoms with Crippen molar-refractivity contribution in [1.82, 2.24) is 0 Å². The predicted molar refractivity (Wildman–Crippen MR) is 102 cm³/mol. The summed E-state index contributed by atoms with van der Waals surface area (Å²) in [4.78, 5) is 0. The van der Waals surface area contributed by atoms with Gasteiger partial charge in [0, 0.05) is 7.11 Å². The van der Waals surface area contributed by atoms with Crippen molar-refractivity contribution in [2.75, 3.05) is 26.9 Å². The van der Waals surface area contributed by atoms with E-state index in [0.717, 1.165) is 30.6 Å². The number of nitrogens with zero attached hydrogens (tertiary/aromatic N) is 1. The van der Waals surface area contributed by atoms with Gasteiger partial charge in [-0.2, -0.15) is 5.26 Å². The molecule has 2 aliphatic carbocycles. The molecule has 0 aliphatic heterocycles. The summed E-state index contributed by atoms with van der Waals surface area (Å²) in [6.45, 7) is 4.10. The highest BCUT2D eigenvalue weighted by Gasteiger charge is 2.38. The summed E-state index contributed by atoms with van der Waals surface area (Å²) < 4.78 is 10.7. The molecule has 2 aliphatic rings. The van der Waals surface area contributed by atoms with Crippen LogP contribution in [0.4, 0.5) is 0 Å². The van der Waals surface area contributed by atoms with Crippen LogP contribution in [0.3, 0.4) is 0 Å². The minimum absolute atomic E-state index is 0.235. The molecule has 0 N–H and O–H groups in total. The van der Waals surface area contributed by atoms with Crippen molar-refractivity contribution < 1.29 is 9.47 Å². The second kappa shape index (κ2) is 11.2. The average Bonchev–Trinajstić information content (AvgIpc) is 2.67. The summed E-state index contributed by atoms with van der Waals surface area (Å²) in [6, 6.07) is 2.59. The van der Waals surface area contributed by atoms with Crippen molar-refractivity contribution in [3.05, 3.63) is 0 Å². The SMILES string of the molecule is CCCCCC1CCC(C2CCC(C#N)(COCCOC)CC2)CC1. The lowest BCUT2D eigenvalue weighted by Crippen LogP contribution is -2.34. The maximum Gasteiger partial charge on any atom is 0.0807 e. The fourth-order valence-corrected chi connectivity index (χ4v) is 4.99. The van der Waals surface area contributed by atoms with Crippen molar-refractivity contribution in [3.8, 4) is 6.07 Å². The third-order valence-corrected chi connectivity index (χ3v) is 6.81. The van der Waals surface area contributed by atoms with E-state index in [4.69, 9.17) is 9.47 Å². The van der Waals surface area contributed by atoms with E-state index >= 15 is 0 Å².